The predicted molar refractivity (Wildman–Crippen MR) is 64.8 cm³/mol. The molecule has 1 heterocycles. The highest BCUT2D eigenvalue weighted by atomic mass is 35.5. The Labute approximate surface area is 100 Å². The van der Waals surface area contributed by atoms with Crippen LogP contribution in [0.15, 0.2) is 24.3 Å². The van der Waals surface area contributed by atoms with Crippen LogP contribution in [0.5, 0.6) is 0 Å². The molecular formula is C12H15ClN2O. The normalized spacial score (nSPS) is 19.7. The molecule has 0 bridgehead atoms. The van der Waals surface area contributed by atoms with Gasteiger partial charge in [0.15, 0.2) is 0 Å². The lowest BCUT2D eigenvalue weighted by Gasteiger charge is -2.09. The Morgan fingerprint density at radius 2 is 2.19 bits per heavy atom. The molecule has 0 unspecified atom stereocenters. The summed E-state index contributed by atoms with van der Waals surface area (Å²) in [5.41, 5.74) is 0.662. The maximum absolute atomic E-state index is 11.7. The Morgan fingerprint density at radius 3 is 2.81 bits per heavy atom. The van der Waals surface area contributed by atoms with Crippen LogP contribution in [-0.2, 0) is 0 Å². The summed E-state index contributed by atoms with van der Waals surface area (Å²) >= 11 is 5.76. The van der Waals surface area contributed by atoms with Crippen molar-refractivity contribution in [1.29, 1.82) is 0 Å². The van der Waals surface area contributed by atoms with Crippen molar-refractivity contribution in [2.45, 2.75) is 6.42 Å². The second-order valence-corrected chi connectivity index (χ2v) is 4.51. The molecule has 86 valence electrons. The van der Waals surface area contributed by atoms with E-state index in [1.807, 2.05) is 0 Å². The lowest BCUT2D eigenvalue weighted by atomic mass is 10.1. The Kier molecular flexibility index (Phi) is 3.80. The first-order chi connectivity index (χ1) is 7.75. The van der Waals surface area contributed by atoms with Crippen molar-refractivity contribution in [2.75, 3.05) is 19.6 Å². The molecule has 1 amide bonds. The third-order valence-corrected chi connectivity index (χ3v) is 3.07. The third-order valence-electron chi connectivity index (χ3n) is 2.82. The average molecular weight is 239 g/mol. The topological polar surface area (TPSA) is 41.1 Å². The Bertz CT molecular complexity index is 358. The van der Waals surface area contributed by atoms with Gasteiger partial charge >= 0.3 is 0 Å². The largest absolute Gasteiger partial charge is 0.352 e. The van der Waals surface area contributed by atoms with Crippen molar-refractivity contribution < 1.29 is 4.79 Å². The third kappa shape index (κ3) is 2.97. The molecule has 16 heavy (non-hydrogen) atoms. The standard InChI is InChI=1S/C12H15ClN2O/c13-11-3-1-10(2-4-11)12(16)15-8-9-5-6-14-7-9/h1-4,9,14H,5-8H2,(H,15,16)/t9-/m0/s1. The fraction of sp³-hybridized carbons (Fsp3) is 0.417. The van der Waals surface area contributed by atoms with Crippen LogP contribution in [-0.4, -0.2) is 25.5 Å². The SMILES string of the molecule is O=C(NC[C@H]1CCNC1)c1ccc(Cl)cc1. The molecule has 1 aliphatic heterocycles. The molecule has 1 aromatic rings. The van der Waals surface area contributed by atoms with E-state index >= 15 is 0 Å². The molecule has 0 radical (unpaired) electrons. The predicted octanol–water partition coefficient (Wildman–Crippen LogP) is 1.68. The second kappa shape index (κ2) is 5.32. The number of carbonyl (C=O) groups excluding carboxylic acids is 1. The summed E-state index contributed by atoms with van der Waals surface area (Å²) in [6.07, 6.45) is 1.14. The van der Waals surface area contributed by atoms with E-state index in [0.717, 1.165) is 26.1 Å². The van der Waals surface area contributed by atoms with Crippen LogP contribution in [0.2, 0.25) is 5.02 Å². The summed E-state index contributed by atoms with van der Waals surface area (Å²) in [7, 11) is 0. The highest BCUT2D eigenvalue weighted by Gasteiger charge is 2.15. The fourth-order valence-corrected chi connectivity index (χ4v) is 1.96. The van der Waals surface area contributed by atoms with Gasteiger partial charge in [-0.25, -0.2) is 0 Å². The lowest BCUT2D eigenvalue weighted by Crippen LogP contribution is -2.30. The van der Waals surface area contributed by atoms with Crippen molar-refractivity contribution in [1.82, 2.24) is 10.6 Å². The first-order valence-corrected chi connectivity index (χ1v) is 5.88. The first kappa shape index (κ1) is 11.4. The van der Waals surface area contributed by atoms with Gasteiger partial charge in [-0.3, -0.25) is 4.79 Å². The number of carbonyl (C=O) groups is 1. The van der Waals surface area contributed by atoms with Gasteiger partial charge in [-0.2, -0.15) is 0 Å². The molecule has 0 spiro atoms. The number of nitrogens with one attached hydrogen (secondary N) is 2. The summed E-state index contributed by atoms with van der Waals surface area (Å²) in [4.78, 5) is 11.7. The number of hydrogen-bond donors (Lipinski definition) is 2. The minimum absolute atomic E-state index is 0.0245. The van der Waals surface area contributed by atoms with Gasteiger partial charge < -0.3 is 10.6 Å². The van der Waals surface area contributed by atoms with E-state index in [1.54, 1.807) is 24.3 Å². The molecular weight excluding hydrogens is 224 g/mol. The lowest BCUT2D eigenvalue weighted by molar-refractivity contribution is 0.0948. The van der Waals surface area contributed by atoms with Gasteiger partial charge in [0.2, 0.25) is 0 Å². The van der Waals surface area contributed by atoms with Crippen LogP contribution in [0.1, 0.15) is 16.8 Å². The van der Waals surface area contributed by atoms with Gasteiger partial charge in [-0.15, -0.1) is 0 Å². The fourth-order valence-electron chi connectivity index (χ4n) is 1.83. The first-order valence-electron chi connectivity index (χ1n) is 5.50. The highest BCUT2D eigenvalue weighted by molar-refractivity contribution is 6.30. The van der Waals surface area contributed by atoms with Crippen LogP contribution in [0.3, 0.4) is 0 Å². The zero-order valence-corrected chi connectivity index (χ0v) is 9.76. The average Bonchev–Trinajstić information content (AvgIpc) is 2.80. The van der Waals surface area contributed by atoms with Crippen LogP contribution in [0.4, 0.5) is 0 Å². The van der Waals surface area contributed by atoms with Crippen molar-refractivity contribution in [2.24, 2.45) is 5.92 Å². The van der Waals surface area contributed by atoms with E-state index in [1.165, 1.54) is 0 Å². The maximum Gasteiger partial charge on any atom is 0.251 e. The van der Waals surface area contributed by atoms with Gasteiger partial charge in [-0.1, -0.05) is 11.6 Å². The van der Waals surface area contributed by atoms with E-state index in [2.05, 4.69) is 10.6 Å². The molecule has 1 fully saturated rings. The molecule has 1 saturated heterocycles. The molecule has 1 aliphatic rings. The highest BCUT2D eigenvalue weighted by Crippen LogP contribution is 2.10. The second-order valence-electron chi connectivity index (χ2n) is 4.08. The van der Waals surface area contributed by atoms with Gasteiger partial charge in [0.1, 0.15) is 0 Å². The quantitative estimate of drug-likeness (QED) is 0.841. The summed E-state index contributed by atoms with van der Waals surface area (Å²) in [6, 6.07) is 6.94. The molecule has 1 atom stereocenters. The smallest absolute Gasteiger partial charge is 0.251 e. The van der Waals surface area contributed by atoms with Crippen LogP contribution >= 0.6 is 11.6 Å². The number of hydrogen-bond acceptors (Lipinski definition) is 2. The van der Waals surface area contributed by atoms with Crippen molar-refractivity contribution in [3.8, 4) is 0 Å². The van der Waals surface area contributed by atoms with Crippen LogP contribution in [0.25, 0.3) is 0 Å². The minimum Gasteiger partial charge on any atom is -0.352 e. The summed E-state index contributed by atoms with van der Waals surface area (Å²) in [5.74, 6) is 0.541. The molecule has 2 rings (SSSR count). The summed E-state index contributed by atoms with van der Waals surface area (Å²) in [5, 5.41) is 6.86. The van der Waals surface area contributed by atoms with E-state index in [9.17, 15) is 4.79 Å². The molecule has 1 aromatic carbocycles. The molecule has 2 N–H and O–H groups in total. The number of halogens is 1. The van der Waals surface area contributed by atoms with E-state index < -0.39 is 0 Å². The van der Waals surface area contributed by atoms with Gasteiger partial charge in [0.05, 0.1) is 0 Å². The Hall–Kier alpha value is -1.06. The van der Waals surface area contributed by atoms with Crippen molar-refractivity contribution in [3.63, 3.8) is 0 Å². The molecule has 0 saturated carbocycles. The number of benzene rings is 1. The van der Waals surface area contributed by atoms with E-state index in [0.29, 0.717) is 16.5 Å². The van der Waals surface area contributed by atoms with E-state index in [4.69, 9.17) is 11.6 Å². The minimum atomic E-state index is -0.0245. The molecule has 3 nitrogen and oxygen atoms in total. The molecule has 4 heteroatoms. The Balaban J connectivity index is 1.85. The molecule has 0 aliphatic carbocycles. The zero-order valence-electron chi connectivity index (χ0n) is 9.00. The number of amides is 1. The summed E-state index contributed by atoms with van der Waals surface area (Å²) in [6.45, 7) is 2.80. The van der Waals surface area contributed by atoms with Gasteiger partial charge in [0, 0.05) is 17.1 Å². The van der Waals surface area contributed by atoms with E-state index in [-0.39, 0.29) is 5.91 Å². The Morgan fingerprint density at radius 1 is 1.44 bits per heavy atom. The van der Waals surface area contributed by atoms with Gasteiger partial charge in [-0.05, 0) is 49.7 Å². The van der Waals surface area contributed by atoms with Crippen LogP contribution in [0, 0.1) is 5.92 Å². The zero-order chi connectivity index (χ0) is 11.4. The van der Waals surface area contributed by atoms with Gasteiger partial charge in [0.25, 0.3) is 5.91 Å². The molecule has 0 aromatic heterocycles. The number of rotatable bonds is 3. The van der Waals surface area contributed by atoms with Crippen LogP contribution < -0.4 is 10.6 Å². The maximum atomic E-state index is 11.7. The van der Waals surface area contributed by atoms with Crippen molar-refractivity contribution in [3.05, 3.63) is 34.9 Å². The monoisotopic (exact) mass is 238 g/mol. The summed E-state index contributed by atoms with van der Waals surface area (Å²) < 4.78 is 0. The van der Waals surface area contributed by atoms with Crippen molar-refractivity contribution >= 4 is 17.5 Å².